The van der Waals surface area contributed by atoms with Crippen LogP contribution in [0.15, 0.2) is 0 Å². The fourth-order valence-corrected chi connectivity index (χ4v) is 3.03. The Hall–Kier alpha value is -0.150. The Labute approximate surface area is 92.4 Å². The van der Waals surface area contributed by atoms with Crippen molar-refractivity contribution < 1.29 is 4.39 Å². The molecule has 1 unspecified atom stereocenters. The lowest BCUT2D eigenvalue weighted by atomic mass is 9.81. The standard InChI is InChI=1S/C12H23FN2/c1-10(2,3)15-8-12(9-15)6-11(4,13)7-14(12)5/h6-9H2,1-5H3. The van der Waals surface area contributed by atoms with Gasteiger partial charge < -0.3 is 0 Å². The Kier molecular flexibility index (Phi) is 2.23. The SMILES string of the molecule is CN1CC(C)(F)CC12CN(C(C)(C)C)C2. The van der Waals surface area contributed by atoms with E-state index in [2.05, 4.69) is 37.6 Å². The highest BCUT2D eigenvalue weighted by molar-refractivity contribution is 5.14. The molecular formula is C12H23FN2. The van der Waals surface area contributed by atoms with Crippen LogP contribution in [0.3, 0.4) is 0 Å². The van der Waals surface area contributed by atoms with Crippen LogP contribution in [0.5, 0.6) is 0 Å². The summed E-state index contributed by atoms with van der Waals surface area (Å²) >= 11 is 0. The molecule has 0 amide bonds. The maximum absolute atomic E-state index is 13.9. The molecule has 0 aliphatic carbocycles. The van der Waals surface area contributed by atoms with Crippen LogP contribution in [-0.2, 0) is 0 Å². The van der Waals surface area contributed by atoms with E-state index in [0.717, 1.165) is 13.1 Å². The highest BCUT2D eigenvalue weighted by Gasteiger charge is 2.57. The zero-order chi connectivity index (χ0) is 11.5. The van der Waals surface area contributed by atoms with Gasteiger partial charge in [-0.2, -0.15) is 0 Å². The van der Waals surface area contributed by atoms with Crippen LogP contribution in [0.1, 0.15) is 34.1 Å². The number of likely N-dealkylation sites (tertiary alicyclic amines) is 2. The molecule has 2 heterocycles. The number of likely N-dealkylation sites (N-methyl/N-ethyl adjacent to an activating group) is 1. The van der Waals surface area contributed by atoms with E-state index >= 15 is 0 Å². The van der Waals surface area contributed by atoms with E-state index in [9.17, 15) is 4.39 Å². The van der Waals surface area contributed by atoms with Crippen LogP contribution in [0.2, 0.25) is 0 Å². The fraction of sp³-hybridized carbons (Fsp3) is 1.00. The monoisotopic (exact) mass is 214 g/mol. The highest BCUT2D eigenvalue weighted by atomic mass is 19.1. The van der Waals surface area contributed by atoms with E-state index in [0.29, 0.717) is 13.0 Å². The summed E-state index contributed by atoms with van der Waals surface area (Å²) in [6.45, 7) is 11.0. The third kappa shape index (κ3) is 1.80. The third-order valence-corrected chi connectivity index (χ3v) is 3.99. The van der Waals surface area contributed by atoms with E-state index in [4.69, 9.17) is 0 Å². The van der Waals surface area contributed by atoms with Gasteiger partial charge in [0.2, 0.25) is 0 Å². The molecule has 88 valence electrons. The Morgan fingerprint density at radius 2 is 1.67 bits per heavy atom. The minimum Gasteiger partial charge on any atom is -0.295 e. The number of rotatable bonds is 0. The van der Waals surface area contributed by atoms with Gasteiger partial charge in [0.1, 0.15) is 5.67 Å². The first kappa shape index (κ1) is 11.3. The van der Waals surface area contributed by atoms with E-state index in [1.807, 2.05) is 0 Å². The average Bonchev–Trinajstić information content (AvgIpc) is 2.14. The summed E-state index contributed by atoms with van der Waals surface area (Å²) in [4.78, 5) is 4.65. The highest BCUT2D eigenvalue weighted by Crippen LogP contribution is 2.44. The van der Waals surface area contributed by atoms with Crippen molar-refractivity contribution in [2.75, 3.05) is 26.7 Å². The van der Waals surface area contributed by atoms with Crippen LogP contribution in [0.4, 0.5) is 4.39 Å². The van der Waals surface area contributed by atoms with Crippen molar-refractivity contribution in [3.63, 3.8) is 0 Å². The zero-order valence-electron chi connectivity index (χ0n) is 10.6. The van der Waals surface area contributed by atoms with Crippen molar-refractivity contribution in [1.82, 2.24) is 9.80 Å². The molecule has 15 heavy (non-hydrogen) atoms. The lowest BCUT2D eigenvalue weighted by Gasteiger charge is -2.57. The fourth-order valence-electron chi connectivity index (χ4n) is 3.03. The van der Waals surface area contributed by atoms with Crippen molar-refractivity contribution in [3.8, 4) is 0 Å². The third-order valence-electron chi connectivity index (χ3n) is 3.99. The summed E-state index contributed by atoms with van der Waals surface area (Å²) in [7, 11) is 2.06. The molecule has 1 spiro atoms. The first-order valence-corrected chi connectivity index (χ1v) is 5.80. The van der Waals surface area contributed by atoms with Gasteiger partial charge in [0.25, 0.3) is 0 Å². The Balaban J connectivity index is 2.03. The van der Waals surface area contributed by atoms with Gasteiger partial charge >= 0.3 is 0 Å². The molecule has 0 bridgehead atoms. The van der Waals surface area contributed by atoms with Crippen LogP contribution < -0.4 is 0 Å². The molecule has 0 aromatic heterocycles. The van der Waals surface area contributed by atoms with Crippen molar-refractivity contribution >= 4 is 0 Å². The van der Waals surface area contributed by atoms with Crippen LogP contribution in [0.25, 0.3) is 0 Å². The minimum atomic E-state index is -0.987. The molecule has 0 saturated carbocycles. The number of hydrogen-bond acceptors (Lipinski definition) is 2. The minimum absolute atomic E-state index is 0.122. The topological polar surface area (TPSA) is 6.48 Å². The molecule has 0 N–H and O–H groups in total. The smallest absolute Gasteiger partial charge is 0.122 e. The summed E-state index contributed by atoms with van der Waals surface area (Å²) in [5.74, 6) is 0. The molecule has 2 aliphatic heterocycles. The number of alkyl halides is 1. The van der Waals surface area contributed by atoms with Gasteiger partial charge in [-0.05, 0) is 34.7 Å². The second-order valence-corrected chi connectivity index (χ2v) is 6.70. The molecule has 2 fully saturated rings. The van der Waals surface area contributed by atoms with Crippen molar-refractivity contribution in [2.24, 2.45) is 0 Å². The predicted octanol–water partition coefficient (Wildman–Crippen LogP) is 1.90. The van der Waals surface area contributed by atoms with Crippen molar-refractivity contribution in [3.05, 3.63) is 0 Å². The summed E-state index contributed by atoms with van der Waals surface area (Å²) in [5.41, 5.74) is -0.642. The molecule has 2 nitrogen and oxygen atoms in total. The van der Waals surface area contributed by atoms with Crippen LogP contribution in [-0.4, -0.2) is 53.2 Å². The van der Waals surface area contributed by atoms with Crippen molar-refractivity contribution in [2.45, 2.75) is 50.9 Å². The van der Waals surface area contributed by atoms with E-state index in [1.54, 1.807) is 6.92 Å². The molecule has 2 aliphatic rings. The molecular weight excluding hydrogens is 191 g/mol. The van der Waals surface area contributed by atoms with Gasteiger partial charge in [0.15, 0.2) is 0 Å². The Bertz CT molecular complexity index is 261. The lowest BCUT2D eigenvalue weighted by Crippen LogP contribution is -2.70. The molecule has 0 aromatic rings. The molecule has 0 aromatic carbocycles. The van der Waals surface area contributed by atoms with E-state index in [1.165, 1.54) is 0 Å². The van der Waals surface area contributed by atoms with Gasteiger partial charge in [-0.3, -0.25) is 9.80 Å². The quantitative estimate of drug-likeness (QED) is 0.608. The Morgan fingerprint density at radius 3 is 2.00 bits per heavy atom. The molecule has 3 heteroatoms. The van der Waals surface area contributed by atoms with Crippen LogP contribution in [0, 0.1) is 0 Å². The zero-order valence-corrected chi connectivity index (χ0v) is 10.6. The van der Waals surface area contributed by atoms with Crippen molar-refractivity contribution in [1.29, 1.82) is 0 Å². The average molecular weight is 214 g/mol. The molecule has 2 saturated heterocycles. The van der Waals surface area contributed by atoms with Gasteiger partial charge in [0, 0.05) is 37.1 Å². The second-order valence-electron chi connectivity index (χ2n) is 6.70. The maximum atomic E-state index is 13.9. The van der Waals surface area contributed by atoms with E-state index < -0.39 is 5.67 Å². The first-order chi connectivity index (χ1) is 6.65. The normalized spacial score (nSPS) is 37.2. The van der Waals surface area contributed by atoms with Gasteiger partial charge in [-0.15, -0.1) is 0 Å². The largest absolute Gasteiger partial charge is 0.295 e. The number of nitrogens with zero attached hydrogens (tertiary/aromatic N) is 2. The van der Waals surface area contributed by atoms with E-state index in [-0.39, 0.29) is 11.1 Å². The second kappa shape index (κ2) is 2.95. The first-order valence-electron chi connectivity index (χ1n) is 5.80. The van der Waals surface area contributed by atoms with Gasteiger partial charge in [0.05, 0.1) is 0 Å². The lowest BCUT2D eigenvalue weighted by molar-refractivity contribution is -0.0674. The van der Waals surface area contributed by atoms with Crippen LogP contribution >= 0.6 is 0 Å². The van der Waals surface area contributed by atoms with Gasteiger partial charge in [-0.25, -0.2) is 4.39 Å². The van der Waals surface area contributed by atoms with Gasteiger partial charge in [-0.1, -0.05) is 0 Å². The summed E-state index contributed by atoms with van der Waals surface area (Å²) in [5, 5.41) is 0. The Morgan fingerprint density at radius 1 is 1.13 bits per heavy atom. The maximum Gasteiger partial charge on any atom is 0.122 e. The number of hydrogen-bond donors (Lipinski definition) is 0. The molecule has 0 radical (unpaired) electrons. The predicted molar refractivity (Wildman–Crippen MR) is 60.8 cm³/mol. The summed E-state index contributed by atoms with van der Waals surface area (Å²) in [6.07, 6.45) is 0.698. The molecule has 1 atom stereocenters. The molecule has 2 rings (SSSR count). The summed E-state index contributed by atoms with van der Waals surface area (Å²) < 4.78 is 13.9. The summed E-state index contributed by atoms with van der Waals surface area (Å²) in [6, 6.07) is 0. The number of halogens is 1.